The van der Waals surface area contributed by atoms with Gasteiger partial charge >= 0.3 is 0 Å². The van der Waals surface area contributed by atoms with Gasteiger partial charge < -0.3 is 15.0 Å². The summed E-state index contributed by atoms with van der Waals surface area (Å²) in [5.41, 5.74) is 2.84. The first-order chi connectivity index (χ1) is 18.0. The van der Waals surface area contributed by atoms with Crippen LogP contribution >= 0.6 is 11.6 Å². The van der Waals surface area contributed by atoms with Crippen molar-refractivity contribution in [1.82, 2.24) is 10.2 Å². The Kier molecular flexibility index (Phi) is 9.40. The molecule has 0 aliphatic rings. The quantitative estimate of drug-likeness (QED) is 0.400. The van der Waals surface area contributed by atoms with Crippen LogP contribution in [0.25, 0.3) is 0 Å². The molecule has 0 aromatic heterocycles. The standard InChI is InChI=1S/C28H32ClN3O5S/c1-19-6-10-22(11-7-19)17-31(21(3)28(34)30-4)27(33)18-32(25-16-23(29)12-15-26(25)37-5)38(35,36)24-13-8-20(2)9-14-24/h6-16,21H,17-18H2,1-5H3,(H,30,34)/t21-/m0/s1. The first-order valence-corrected chi connectivity index (χ1v) is 13.8. The Hall–Kier alpha value is -3.56. The molecular formula is C28H32ClN3O5S. The SMILES string of the molecule is CNC(=O)[C@H](C)N(Cc1ccc(C)cc1)C(=O)CN(c1cc(Cl)ccc1OC)S(=O)(=O)c1ccc(C)cc1. The van der Waals surface area contributed by atoms with E-state index in [9.17, 15) is 18.0 Å². The van der Waals surface area contributed by atoms with Gasteiger partial charge in [0.05, 0.1) is 17.7 Å². The van der Waals surface area contributed by atoms with Gasteiger partial charge in [-0.1, -0.05) is 59.1 Å². The van der Waals surface area contributed by atoms with Crippen molar-refractivity contribution in [2.45, 2.75) is 38.3 Å². The zero-order valence-electron chi connectivity index (χ0n) is 22.1. The lowest BCUT2D eigenvalue weighted by molar-refractivity contribution is -0.139. The number of hydrogen-bond acceptors (Lipinski definition) is 5. The van der Waals surface area contributed by atoms with E-state index in [-0.39, 0.29) is 33.8 Å². The molecule has 0 spiro atoms. The molecule has 8 nitrogen and oxygen atoms in total. The lowest BCUT2D eigenvalue weighted by Gasteiger charge is -2.32. The van der Waals surface area contributed by atoms with Crippen LogP contribution in [-0.2, 0) is 26.2 Å². The van der Waals surface area contributed by atoms with Crippen LogP contribution < -0.4 is 14.4 Å². The van der Waals surface area contributed by atoms with Crippen LogP contribution in [0.2, 0.25) is 5.02 Å². The lowest BCUT2D eigenvalue weighted by Crippen LogP contribution is -2.50. The number of rotatable bonds is 10. The number of carbonyl (C=O) groups excluding carboxylic acids is 2. The molecule has 0 aliphatic carbocycles. The molecule has 3 rings (SSSR count). The molecule has 0 radical (unpaired) electrons. The van der Waals surface area contributed by atoms with Gasteiger partial charge in [-0.3, -0.25) is 13.9 Å². The fourth-order valence-corrected chi connectivity index (χ4v) is 5.47. The predicted octanol–water partition coefficient (Wildman–Crippen LogP) is 4.32. The fraction of sp³-hybridized carbons (Fsp3) is 0.286. The van der Waals surface area contributed by atoms with Crippen molar-refractivity contribution in [2.75, 3.05) is 25.0 Å². The summed E-state index contributed by atoms with van der Waals surface area (Å²) in [6.07, 6.45) is 0. The second-order valence-corrected chi connectivity index (χ2v) is 11.2. The number of hydrogen-bond donors (Lipinski definition) is 1. The van der Waals surface area contributed by atoms with E-state index < -0.39 is 28.5 Å². The molecule has 3 aromatic rings. The van der Waals surface area contributed by atoms with Crippen LogP contribution in [0.4, 0.5) is 5.69 Å². The molecule has 0 unspecified atom stereocenters. The summed E-state index contributed by atoms with van der Waals surface area (Å²) in [6.45, 7) is 4.93. The Balaban J connectivity index is 2.10. The summed E-state index contributed by atoms with van der Waals surface area (Å²) in [5.74, 6) is -0.722. The monoisotopic (exact) mass is 557 g/mol. The number of aryl methyl sites for hydroxylation is 2. The highest BCUT2D eigenvalue weighted by molar-refractivity contribution is 7.92. The Morgan fingerprint density at radius 2 is 1.55 bits per heavy atom. The third-order valence-electron chi connectivity index (χ3n) is 6.18. The maximum Gasteiger partial charge on any atom is 0.264 e. The summed E-state index contributed by atoms with van der Waals surface area (Å²) >= 11 is 6.24. The average Bonchev–Trinajstić information content (AvgIpc) is 2.90. The molecule has 0 aliphatic heterocycles. The Bertz CT molecular complexity index is 1390. The van der Waals surface area contributed by atoms with Crippen LogP contribution in [0, 0.1) is 13.8 Å². The smallest absolute Gasteiger partial charge is 0.264 e. The number of halogens is 1. The first-order valence-electron chi connectivity index (χ1n) is 12.0. The van der Waals surface area contributed by atoms with Gasteiger partial charge in [0.1, 0.15) is 18.3 Å². The van der Waals surface area contributed by atoms with Gasteiger partial charge in [0.15, 0.2) is 0 Å². The van der Waals surface area contributed by atoms with Crippen molar-refractivity contribution < 1.29 is 22.7 Å². The molecule has 0 fully saturated rings. The second kappa shape index (κ2) is 12.3. The number of likely N-dealkylation sites (N-methyl/N-ethyl adjacent to an activating group) is 1. The molecule has 202 valence electrons. The zero-order valence-corrected chi connectivity index (χ0v) is 23.6. The van der Waals surface area contributed by atoms with E-state index in [1.807, 2.05) is 38.1 Å². The van der Waals surface area contributed by atoms with E-state index >= 15 is 0 Å². The highest BCUT2D eigenvalue weighted by atomic mass is 35.5. The normalized spacial score (nSPS) is 11.9. The summed E-state index contributed by atoms with van der Waals surface area (Å²) < 4.78 is 34.2. The van der Waals surface area contributed by atoms with Gasteiger partial charge in [-0.25, -0.2) is 8.42 Å². The number of sulfonamides is 1. The second-order valence-electron chi connectivity index (χ2n) is 8.94. The fourth-order valence-electron chi connectivity index (χ4n) is 3.89. The molecule has 0 saturated carbocycles. The number of methoxy groups -OCH3 is 1. The van der Waals surface area contributed by atoms with Crippen molar-refractivity contribution in [3.8, 4) is 5.75 Å². The summed E-state index contributed by atoms with van der Waals surface area (Å²) in [6, 6.07) is 17.6. The number of nitrogens with one attached hydrogen (secondary N) is 1. The van der Waals surface area contributed by atoms with E-state index in [0.29, 0.717) is 0 Å². The number of nitrogens with zero attached hydrogens (tertiary/aromatic N) is 2. The topological polar surface area (TPSA) is 96.0 Å². The van der Waals surface area contributed by atoms with Gasteiger partial charge in [0.2, 0.25) is 11.8 Å². The molecule has 3 aromatic carbocycles. The molecule has 0 saturated heterocycles. The maximum atomic E-state index is 13.9. The Morgan fingerprint density at radius 1 is 0.974 bits per heavy atom. The van der Waals surface area contributed by atoms with Crippen LogP contribution in [-0.4, -0.2) is 51.9 Å². The molecule has 0 heterocycles. The van der Waals surface area contributed by atoms with Gasteiger partial charge in [0.25, 0.3) is 10.0 Å². The van der Waals surface area contributed by atoms with E-state index in [4.69, 9.17) is 16.3 Å². The van der Waals surface area contributed by atoms with Crippen molar-refractivity contribution >= 4 is 39.1 Å². The van der Waals surface area contributed by atoms with Crippen molar-refractivity contribution in [3.63, 3.8) is 0 Å². The van der Waals surface area contributed by atoms with Crippen LogP contribution in [0.3, 0.4) is 0 Å². The van der Waals surface area contributed by atoms with Gasteiger partial charge in [0, 0.05) is 18.6 Å². The van der Waals surface area contributed by atoms with Gasteiger partial charge in [-0.15, -0.1) is 0 Å². The molecular weight excluding hydrogens is 526 g/mol. The third kappa shape index (κ3) is 6.65. The summed E-state index contributed by atoms with van der Waals surface area (Å²) in [7, 11) is -1.34. The number of ether oxygens (including phenoxy) is 1. The summed E-state index contributed by atoms with van der Waals surface area (Å²) in [4.78, 5) is 27.8. The van der Waals surface area contributed by atoms with Crippen molar-refractivity contribution in [3.05, 3.63) is 88.4 Å². The van der Waals surface area contributed by atoms with Crippen molar-refractivity contribution in [2.24, 2.45) is 0 Å². The van der Waals surface area contributed by atoms with Crippen LogP contribution in [0.15, 0.2) is 71.6 Å². The molecule has 38 heavy (non-hydrogen) atoms. The minimum absolute atomic E-state index is 0.00219. The first kappa shape index (κ1) is 29.0. The predicted molar refractivity (Wildman–Crippen MR) is 149 cm³/mol. The molecule has 2 amide bonds. The highest BCUT2D eigenvalue weighted by Gasteiger charge is 2.33. The summed E-state index contributed by atoms with van der Waals surface area (Å²) in [5, 5.41) is 2.84. The van der Waals surface area contributed by atoms with Crippen molar-refractivity contribution in [1.29, 1.82) is 0 Å². The Labute approximate surface area is 229 Å². The maximum absolute atomic E-state index is 13.9. The van der Waals surface area contributed by atoms with Crippen LogP contribution in [0.1, 0.15) is 23.6 Å². The van der Waals surface area contributed by atoms with Crippen LogP contribution in [0.5, 0.6) is 5.75 Å². The van der Waals surface area contributed by atoms with E-state index in [1.165, 1.54) is 43.3 Å². The molecule has 1 N–H and O–H groups in total. The highest BCUT2D eigenvalue weighted by Crippen LogP contribution is 2.35. The average molecular weight is 558 g/mol. The minimum atomic E-state index is -4.23. The number of anilines is 1. The number of benzene rings is 3. The molecule has 1 atom stereocenters. The van der Waals surface area contributed by atoms with E-state index in [1.54, 1.807) is 25.1 Å². The van der Waals surface area contributed by atoms with Gasteiger partial charge in [-0.2, -0.15) is 0 Å². The minimum Gasteiger partial charge on any atom is -0.495 e. The zero-order chi connectivity index (χ0) is 28.0. The number of amides is 2. The van der Waals surface area contributed by atoms with Gasteiger partial charge in [-0.05, 0) is 56.7 Å². The largest absolute Gasteiger partial charge is 0.495 e. The third-order valence-corrected chi connectivity index (χ3v) is 8.19. The molecule has 10 heteroatoms. The van der Waals surface area contributed by atoms with E-state index in [0.717, 1.165) is 21.0 Å². The van der Waals surface area contributed by atoms with E-state index in [2.05, 4.69) is 5.32 Å². The molecule has 0 bridgehead atoms. The Morgan fingerprint density at radius 3 is 2.11 bits per heavy atom. The number of carbonyl (C=O) groups is 2. The lowest BCUT2D eigenvalue weighted by atomic mass is 10.1.